The van der Waals surface area contributed by atoms with Gasteiger partial charge < -0.3 is 24.5 Å². The Morgan fingerprint density at radius 2 is 1.76 bits per heavy atom. The molecule has 2 heterocycles. The van der Waals surface area contributed by atoms with Gasteiger partial charge in [-0.3, -0.25) is 9.59 Å². The first kappa shape index (κ1) is 24.1. The molecule has 1 saturated heterocycles. The van der Waals surface area contributed by atoms with Crippen LogP contribution in [0.3, 0.4) is 0 Å². The number of halogens is 1. The van der Waals surface area contributed by atoms with Crippen molar-refractivity contribution in [2.75, 3.05) is 20.8 Å². The molecular weight excluding hydrogens is 475 g/mol. The van der Waals surface area contributed by atoms with Crippen LogP contribution in [0.25, 0.3) is 16.7 Å². The smallest absolute Gasteiger partial charge is 0.295 e. The molecule has 4 aromatic rings. The Balaban J connectivity index is 1.56. The van der Waals surface area contributed by atoms with Crippen molar-refractivity contribution in [3.05, 3.63) is 101 Å². The average molecular weight is 501 g/mol. The fourth-order valence-corrected chi connectivity index (χ4v) is 4.79. The number of aromatic nitrogens is 1. The second-order valence-electron chi connectivity index (χ2n) is 8.75. The van der Waals surface area contributed by atoms with Crippen LogP contribution in [0.2, 0.25) is 0 Å². The molecule has 37 heavy (non-hydrogen) atoms. The van der Waals surface area contributed by atoms with Crippen LogP contribution in [-0.2, 0) is 16.0 Å². The van der Waals surface area contributed by atoms with Gasteiger partial charge in [-0.2, -0.15) is 0 Å². The van der Waals surface area contributed by atoms with Crippen LogP contribution in [-0.4, -0.2) is 47.4 Å². The van der Waals surface area contributed by atoms with Crippen molar-refractivity contribution in [1.29, 1.82) is 0 Å². The second kappa shape index (κ2) is 9.81. The van der Waals surface area contributed by atoms with Crippen molar-refractivity contribution >= 4 is 28.4 Å². The van der Waals surface area contributed by atoms with Crippen molar-refractivity contribution in [2.45, 2.75) is 12.5 Å². The minimum atomic E-state index is -0.957. The van der Waals surface area contributed by atoms with Gasteiger partial charge in [-0.05, 0) is 60.0 Å². The predicted molar refractivity (Wildman–Crippen MR) is 137 cm³/mol. The Bertz CT molecular complexity index is 1540. The first-order chi connectivity index (χ1) is 17.9. The molecular formula is C29H25FN2O5. The van der Waals surface area contributed by atoms with E-state index in [0.29, 0.717) is 29.0 Å². The molecule has 0 saturated carbocycles. The number of nitrogens with zero attached hydrogens (tertiary/aromatic N) is 1. The fourth-order valence-electron chi connectivity index (χ4n) is 4.79. The number of hydrogen-bond acceptors (Lipinski definition) is 5. The molecule has 7 nitrogen and oxygen atoms in total. The second-order valence-corrected chi connectivity index (χ2v) is 8.75. The Kier molecular flexibility index (Phi) is 6.40. The zero-order valence-electron chi connectivity index (χ0n) is 20.3. The zero-order valence-corrected chi connectivity index (χ0v) is 20.3. The molecule has 0 spiro atoms. The minimum absolute atomic E-state index is 0.0931. The van der Waals surface area contributed by atoms with Crippen LogP contribution in [0.4, 0.5) is 4.39 Å². The number of ether oxygens (including phenoxy) is 2. The Hall–Kier alpha value is -4.59. The summed E-state index contributed by atoms with van der Waals surface area (Å²) in [6.45, 7) is 0.171. The first-order valence-electron chi connectivity index (χ1n) is 11.7. The molecule has 3 aromatic carbocycles. The van der Waals surface area contributed by atoms with E-state index in [0.717, 1.165) is 16.5 Å². The van der Waals surface area contributed by atoms with Crippen LogP contribution in [0.1, 0.15) is 22.7 Å². The molecule has 188 valence electrons. The summed E-state index contributed by atoms with van der Waals surface area (Å²) in [5.74, 6) is -1.24. The number of ketones is 1. The van der Waals surface area contributed by atoms with Crippen LogP contribution < -0.4 is 9.47 Å². The number of aromatic amines is 1. The van der Waals surface area contributed by atoms with E-state index in [4.69, 9.17) is 9.47 Å². The highest BCUT2D eigenvalue weighted by Crippen LogP contribution is 2.40. The molecule has 1 aromatic heterocycles. The van der Waals surface area contributed by atoms with Crippen LogP contribution in [0.15, 0.2) is 78.5 Å². The number of rotatable bonds is 7. The maximum absolute atomic E-state index is 14.2. The Morgan fingerprint density at radius 3 is 2.51 bits per heavy atom. The summed E-state index contributed by atoms with van der Waals surface area (Å²) in [6.07, 6.45) is 2.28. The van der Waals surface area contributed by atoms with E-state index in [1.54, 1.807) is 37.4 Å². The van der Waals surface area contributed by atoms with Crippen LogP contribution >= 0.6 is 0 Å². The molecule has 1 amide bonds. The standard InChI is InChI=1S/C29H25FN2O5/c1-36-21-8-4-6-18(14-21)27(33)25-26(17-5-3-7-20(30)13-17)32(29(35)28(25)34)12-11-19-16-31-24-10-9-22(37-2)15-23(19)24/h3-10,13-16,26,31,33H,11-12H2,1-2H3/t26-/m0/s1. The number of nitrogens with one attached hydrogen (secondary N) is 1. The highest BCUT2D eigenvalue weighted by Gasteiger charge is 2.46. The highest BCUT2D eigenvalue weighted by molar-refractivity contribution is 6.46. The summed E-state index contributed by atoms with van der Waals surface area (Å²) in [4.78, 5) is 31.1. The Labute approximate surface area is 212 Å². The molecule has 0 radical (unpaired) electrons. The van der Waals surface area contributed by atoms with Crippen LogP contribution in [0.5, 0.6) is 11.5 Å². The van der Waals surface area contributed by atoms with Crippen molar-refractivity contribution < 1.29 is 28.6 Å². The number of Topliss-reactive ketones (excluding diaryl/α,β-unsaturated/α-hetero) is 1. The van der Waals surface area contributed by atoms with Gasteiger partial charge in [0.15, 0.2) is 0 Å². The van der Waals surface area contributed by atoms with E-state index in [9.17, 15) is 19.1 Å². The average Bonchev–Trinajstić information content (AvgIpc) is 3.44. The minimum Gasteiger partial charge on any atom is -0.507 e. The number of carbonyl (C=O) groups excluding carboxylic acids is 2. The van der Waals surface area contributed by atoms with Gasteiger partial charge in [0.05, 0.1) is 25.8 Å². The maximum atomic E-state index is 14.2. The molecule has 0 aliphatic carbocycles. The summed E-state index contributed by atoms with van der Waals surface area (Å²) in [5.41, 5.74) is 2.47. The van der Waals surface area contributed by atoms with Gasteiger partial charge in [0, 0.05) is 29.2 Å². The number of aliphatic hydroxyl groups excluding tert-OH is 1. The number of H-pyrrole nitrogens is 1. The van der Waals surface area contributed by atoms with E-state index in [1.807, 2.05) is 24.4 Å². The quantitative estimate of drug-likeness (QED) is 0.212. The SMILES string of the molecule is COc1cccc(C(O)=C2C(=O)C(=O)N(CCc3c[nH]c4ccc(OC)cc34)[C@H]2c2cccc(F)c2)c1. The summed E-state index contributed by atoms with van der Waals surface area (Å²) in [6, 6.07) is 17.0. The van der Waals surface area contributed by atoms with Crippen LogP contribution in [0, 0.1) is 5.82 Å². The lowest BCUT2D eigenvalue weighted by molar-refractivity contribution is -0.139. The van der Waals surface area contributed by atoms with E-state index >= 15 is 0 Å². The number of likely N-dealkylation sites (tertiary alicyclic amines) is 1. The lowest BCUT2D eigenvalue weighted by atomic mass is 9.95. The van der Waals surface area contributed by atoms with Crippen molar-refractivity contribution in [3.63, 3.8) is 0 Å². The third kappa shape index (κ3) is 4.42. The largest absolute Gasteiger partial charge is 0.507 e. The number of aliphatic hydroxyl groups is 1. The van der Waals surface area contributed by atoms with E-state index in [2.05, 4.69) is 4.98 Å². The van der Waals surface area contributed by atoms with E-state index < -0.39 is 23.5 Å². The third-order valence-corrected chi connectivity index (χ3v) is 6.64. The normalized spacial score (nSPS) is 16.9. The molecule has 2 N–H and O–H groups in total. The van der Waals surface area contributed by atoms with Crippen molar-refractivity contribution in [3.8, 4) is 11.5 Å². The lowest BCUT2D eigenvalue weighted by Gasteiger charge is -2.25. The van der Waals surface area contributed by atoms with Gasteiger partial charge in [0.1, 0.15) is 23.1 Å². The number of benzene rings is 3. The third-order valence-electron chi connectivity index (χ3n) is 6.64. The molecule has 0 bridgehead atoms. The van der Waals surface area contributed by atoms with Gasteiger partial charge in [0.25, 0.3) is 11.7 Å². The molecule has 1 aliphatic rings. The summed E-state index contributed by atoms with van der Waals surface area (Å²) >= 11 is 0. The predicted octanol–water partition coefficient (Wildman–Crippen LogP) is 4.99. The van der Waals surface area contributed by atoms with Gasteiger partial charge in [-0.25, -0.2) is 4.39 Å². The number of methoxy groups -OCH3 is 2. The van der Waals surface area contributed by atoms with Crippen molar-refractivity contribution in [1.82, 2.24) is 9.88 Å². The van der Waals surface area contributed by atoms with Gasteiger partial charge >= 0.3 is 0 Å². The molecule has 1 atom stereocenters. The molecule has 1 fully saturated rings. The van der Waals surface area contributed by atoms with Crippen molar-refractivity contribution in [2.24, 2.45) is 0 Å². The summed E-state index contributed by atoms with van der Waals surface area (Å²) < 4.78 is 24.8. The Morgan fingerprint density at radius 1 is 1.00 bits per heavy atom. The van der Waals surface area contributed by atoms with Gasteiger partial charge in [0.2, 0.25) is 0 Å². The fraction of sp³-hybridized carbons (Fsp3) is 0.172. The number of amides is 1. The zero-order chi connectivity index (χ0) is 26.1. The monoisotopic (exact) mass is 500 g/mol. The number of fused-ring (bicyclic) bond motifs is 1. The summed E-state index contributed by atoms with van der Waals surface area (Å²) in [5, 5.41) is 12.1. The lowest BCUT2D eigenvalue weighted by Crippen LogP contribution is -2.31. The number of carbonyl (C=O) groups is 2. The molecule has 8 heteroatoms. The summed E-state index contributed by atoms with van der Waals surface area (Å²) in [7, 11) is 3.08. The van der Waals surface area contributed by atoms with E-state index in [1.165, 1.54) is 30.2 Å². The number of hydrogen-bond donors (Lipinski definition) is 2. The molecule has 5 rings (SSSR count). The first-order valence-corrected chi connectivity index (χ1v) is 11.7. The highest BCUT2D eigenvalue weighted by atomic mass is 19.1. The molecule has 1 aliphatic heterocycles. The van der Waals surface area contributed by atoms with Gasteiger partial charge in [-0.1, -0.05) is 24.3 Å². The van der Waals surface area contributed by atoms with E-state index in [-0.39, 0.29) is 17.9 Å². The van der Waals surface area contributed by atoms with Gasteiger partial charge in [-0.15, -0.1) is 0 Å². The maximum Gasteiger partial charge on any atom is 0.295 e. The molecule has 0 unspecified atom stereocenters. The topological polar surface area (TPSA) is 91.9 Å².